The van der Waals surface area contributed by atoms with Crippen LogP contribution in [0.4, 0.5) is 0 Å². The van der Waals surface area contributed by atoms with Crippen LogP contribution in [0.1, 0.15) is 40.0 Å². The van der Waals surface area contributed by atoms with Gasteiger partial charge in [0.1, 0.15) is 0 Å². The molecule has 1 fully saturated rings. The number of likely N-dealkylation sites (tertiary alicyclic amines) is 1. The number of carbonyl (C=O) groups excluding carboxylic acids is 1. The molecule has 0 radical (unpaired) electrons. The molecule has 3 heteroatoms. The van der Waals surface area contributed by atoms with E-state index in [-0.39, 0.29) is 17.9 Å². The van der Waals surface area contributed by atoms with Crippen molar-refractivity contribution in [3.05, 3.63) is 0 Å². The van der Waals surface area contributed by atoms with Crippen LogP contribution in [0.5, 0.6) is 0 Å². The van der Waals surface area contributed by atoms with Crippen LogP contribution in [-0.2, 0) is 4.79 Å². The SMILES string of the molecule is CCC(C)C(N)C(=O)N1CCCC(C)C1. The molecule has 1 aliphatic rings. The standard InChI is InChI=1S/C12H24N2O/c1-4-10(3)11(13)12(15)14-7-5-6-9(2)8-14/h9-11H,4-8,13H2,1-3H3. The van der Waals surface area contributed by atoms with Gasteiger partial charge in [-0.1, -0.05) is 27.2 Å². The van der Waals surface area contributed by atoms with Crippen LogP contribution in [0.2, 0.25) is 0 Å². The van der Waals surface area contributed by atoms with Gasteiger partial charge in [0.15, 0.2) is 0 Å². The van der Waals surface area contributed by atoms with Gasteiger partial charge >= 0.3 is 0 Å². The summed E-state index contributed by atoms with van der Waals surface area (Å²) in [5.41, 5.74) is 5.96. The van der Waals surface area contributed by atoms with Gasteiger partial charge in [0.05, 0.1) is 6.04 Å². The third kappa shape index (κ3) is 3.20. The molecule has 2 N–H and O–H groups in total. The number of nitrogens with two attached hydrogens (primary N) is 1. The molecule has 3 nitrogen and oxygen atoms in total. The average Bonchev–Trinajstić information content (AvgIpc) is 2.26. The molecule has 1 aliphatic heterocycles. The highest BCUT2D eigenvalue weighted by atomic mass is 16.2. The van der Waals surface area contributed by atoms with Crippen LogP contribution >= 0.6 is 0 Å². The maximum Gasteiger partial charge on any atom is 0.239 e. The Balaban J connectivity index is 2.51. The minimum absolute atomic E-state index is 0.149. The topological polar surface area (TPSA) is 46.3 Å². The van der Waals surface area contributed by atoms with Gasteiger partial charge in [-0.2, -0.15) is 0 Å². The first-order valence-electron chi connectivity index (χ1n) is 6.10. The third-order valence-electron chi connectivity index (χ3n) is 3.51. The van der Waals surface area contributed by atoms with Crippen molar-refractivity contribution < 1.29 is 4.79 Å². The van der Waals surface area contributed by atoms with Crippen LogP contribution in [0.3, 0.4) is 0 Å². The summed E-state index contributed by atoms with van der Waals surface area (Å²) in [7, 11) is 0. The molecule has 0 aromatic heterocycles. The molecule has 88 valence electrons. The number of nitrogens with zero attached hydrogens (tertiary/aromatic N) is 1. The molecule has 15 heavy (non-hydrogen) atoms. The van der Waals surface area contributed by atoms with E-state index < -0.39 is 0 Å². The lowest BCUT2D eigenvalue weighted by molar-refractivity contribution is -0.135. The Labute approximate surface area is 93.0 Å². The van der Waals surface area contributed by atoms with Gasteiger partial charge in [-0.05, 0) is 24.7 Å². The predicted molar refractivity (Wildman–Crippen MR) is 62.4 cm³/mol. The molecular formula is C12H24N2O. The Bertz CT molecular complexity index is 218. The maximum absolute atomic E-state index is 12.0. The van der Waals surface area contributed by atoms with Crippen molar-refractivity contribution >= 4 is 5.91 Å². The van der Waals surface area contributed by atoms with Crippen molar-refractivity contribution in [3.63, 3.8) is 0 Å². The van der Waals surface area contributed by atoms with E-state index in [2.05, 4.69) is 20.8 Å². The summed E-state index contributed by atoms with van der Waals surface area (Å²) >= 11 is 0. The third-order valence-corrected chi connectivity index (χ3v) is 3.51. The zero-order valence-electron chi connectivity index (χ0n) is 10.2. The summed E-state index contributed by atoms with van der Waals surface area (Å²) in [5, 5.41) is 0. The first-order chi connectivity index (χ1) is 7.06. The van der Waals surface area contributed by atoms with E-state index in [0.29, 0.717) is 5.92 Å². The zero-order valence-corrected chi connectivity index (χ0v) is 10.2. The fourth-order valence-electron chi connectivity index (χ4n) is 2.10. The van der Waals surface area contributed by atoms with E-state index in [4.69, 9.17) is 5.73 Å². The number of rotatable bonds is 3. The second kappa shape index (κ2) is 5.50. The lowest BCUT2D eigenvalue weighted by Gasteiger charge is -2.33. The second-order valence-corrected chi connectivity index (χ2v) is 4.94. The second-order valence-electron chi connectivity index (χ2n) is 4.94. The van der Waals surface area contributed by atoms with E-state index in [1.54, 1.807) is 0 Å². The molecule has 0 aromatic rings. The van der Waals surface area contributed by atoms with E-state index in [1.807, 2.05) is 4.90 Å². The Morgan fingerprint density at radius 1 is 1.60 bits per heavy atom. The van der Waals surface area contributed by atoms with Crippen LogP contribution in [-0.4, -0.2) is 29.9 Å². The summed E-state index contributed by atoms with van der Waals surface area (Å²) < 4.78 is 0. The molecular weight excluding hydrogens is 188 g/mol. The van der Waals surface area contributed by atoms with Crippen molar-refractivity contribution in [2.75, 3.05) is 13.1 Å². The lowest BCUT2D eigenvalue weighted by Crippen LogP contribution is -2.50. The Morgan fingerprint density at radius 3 is 2.80 bits per heavy atom. The summed E-state index contributed by atoms with van der Waals surface area (Å²) in [6.45, 7) is 8.12. The molecule has 1 rings (SSSR count). The summed E-state index contributed by atoms with van der Waals surface area (Å²) in [4.78, 5) is 14.0. The Morgan fingerprint density at radius 2 is 2.27 bits per heavy atom. The monoisotopic (exact) mass is 212 g/mol. The molecule has 1 amide bonds. The van der Waals surface area contributed by atoms with Gasteiger partial charge in [-0.25, -0.2) is 0 Å². The molecule has 0 aliphatic carbocycles. The lowest BCUT2D eigenvalue weighted by atomic mass is 9.95. The van der Waals surface area contributed by atoms with E-state index in [9.17, 15) is 4.79 Å². The fraction of sp³-hybridized carbons (Fsp3) is 0.917. The number of hydrogen-bond donors (Lipinski definition) is 1. The first-order valence-corrected chi connectivity index (χ1v) is 6.10. The minimum Gasteiger partial charge on any atom is -0.341 e. The van der Waals surface area contributed by atoms with Crippen molar-refractivity contribution in [1.82, 2.24) is 4.90 Å². The highest BCUT2D eigenvalue weighted by Crippen LogP contribution is 2.17. The minimum atomic E-state index is -0.305. The number of carbonyl (C=O) groups is 1. The van der Waals surface area contributed by atoms with Gasteiger partial charge in [-0.3, -0.25) is 4.79 Å². The summed E-state index contributed by atoms with van der Waals surface area (Å²) in [5.74, 6) is 1.07. The van der Waals surface area contributed by atoms with Crippen molar-refractivity contribution in [1.29, 1.82) is 0 Å². The van der Waals surface area contributed by atoms with E-state index in [0.717, 1.165) is 25.9 Å². The van der Waals surface area contributed by atoms with Crippen LogP contribution < -0.4 is 5.73 Å². The van der Waals surface area contributed by atoms with E-state index in [1.165, 1.54) is 6.42 Å². The molecule has 0 bridgehead atoms. The molecule has 1 saturated heterocycles. The fourth-order valence-corrected chi connectivity index (χ4v) is 2.10. The molecule has 0 aromatic carbocycles. The van der Waals surface area contributed by atoms with Gasteiger partial charge in [0, 0.05) is 13.1 Å². The van der Waals surface area contributed by atoms with E-state index >= 15 is 0 Å². The number of hydrogen-bond acceptors (Lipinski definition) is 2. The Hall–Kier alpha value is -0.570. The largest absolute Gasteiger partial charge is 0.341 e. The van der Waals surface area contributed by atoms with Crippen molar-refractivity contribution in [3.8, 4) is 0 Å². The molecule has 1 heterocycles. The van der Waals surface area contributed by atoms with Crippen molar-refractivity contribution in [2.24, 2.45) is 17.6 Å². The quantitative estimate of drug-likeness (QED) is 0.772. The highest BCUT2D eigenvalue weighted by molar-refractivity contribution is 5.82. The van der Waals surface area contributed by atoms with Gasteiger partial charge in [0.25, 0.3) is 0 Å². The number of amides is 1. The van der Waals surface area contributed by atoms with Crippen LogP contribution in [0.25, 0.3) is 0 Å². The predicted octanol–water partition coefficient (Wildman–Crippen LogP) is 1.62. The molecule has 0 spiro atoms. The normalized spacial score (nSPS) is 26.1. The average molecular weight is 212 g/mol. The maximum atomic E-state index is 12.0. The number of piperidine rings is 1. The van der Waals surface area contributed by atoms with Gasteiger partial charge in [0.2, 0.25) is 5.91 Å². The Kier molecular flexibility index (Phi) is 4.58. The summed E-state index contributed by atoms with van der Waals surface area (Å²) in [6.07, 6.45) is 3.33. The smallest absolute Gasteiger partial charge is 0.239 e. The highest BCUT2D eigenvalue weighted by Gasteiger charge is 2.27. The zero-order chi connectivity index (χ0) is 11.4. The molecule has 0 saturated carbocycles. The van der Waals surface area contributed by atoms with Gasteiger partial charge < -0.3 is 10.6 Å². The molecule has 3 unspecified atom stereocenters. The van der Waals surface area contributed by atoms with Gasteiger partial charge in [-0.15, -0.1) is 0 Å². The van der Waals surface area contributed by atoms with Crippen molar-refractivity contribution in [2.45, 2.75) is 46.1 Å². The van der Waals surface area contributed by atoms with Crippen LogP contribution in [0.15, 0.2) is 0 Å². The first kappa shape index (κ1) is 12.5. The van der Waals surface area contributed by atoms with Crippen LogP contribution in [0, 0.1) is 11.8 Å². The summed E-state index contributed by atoms with van der Waals surface area (Å²) in [6, 6.07) is -0.305. The molecule has 3 atom stereocenters.